The van der Waals surface area contributed by atoms with Gasteiger partial charge in [0.05, 0.1) is 18.8 Å². The summed E-state index contributed by atoms with van der Waals surface area (Å²) < 4.78 is 0. The maximum Gasteiger partial charge on any atom is 0.249 e. The van der Waals surface area contributed by atoms with Crippen LogP contribution in [0.25, 0.3) is 0 Å². The van der Waals surface area contributed by atoms with Crippen LogP contribution in [-0.4, -0.2) is 57.3 Å². The van der Waals surface area contributed by atoms with Crippen LogP contribution in [0.1, 0.15) is 284 Å². The minimum atomic E-state index is -1.28. The summed E-state index contributed by atoms with van der Waals surface area (Å²) >= 11 is 0. The molecule has 0 heterocycles. The van der Waals surface area contributed by atoms with Gasteiger partial charge in [-0.15, -0.1) is 0 Å². The molecule has 5 N–H and O–H groups in total. The first-order chi connectivity index (χ1) is 28.5. The van der Waals surface area contributed by atoms with E-state index in [9.17, 15) is 25.2 Å². The maximum atomic E-state index is 12.5. The molecule has 0 saturated carbocycles. The van der Waals surface area contributed by atoms with E-state index in [1.54, 1.807) is 0 Å². The van der Waals surface area contributed by atoms with Crippen molar-refractivity contribution in [2.75, 3.05) is 6.61 Å². The number of amides is 1. The van der Waals surface area contributed by atoms with Crippen molar-refractivity contribution in [1.82, 2.24) is 5.32 Å². The lowest BCUT2D eigenvalue weighted by molar-refractivity contribution is -0.132. The van der Waals surface area contributed by atoms with Gasteiger partial charge < -0.3 is 25.7 Å². The largest absolute Gasteiger partial charge is 0.394 e. The number of allylic oxidation sites excluding steroid dienone is 2. The molecule has 1 amide bonds. The highest BCUT2D eigenvalue weighted by Crippen LogP contribution is 2.18. The molecule has 6 nitrogen and oxygen atoms in total. The zero-order valence-corrected chi connectivity index (χ0v) is 39.1. The van der Waals surface area contributed by atoms with E-state index in [4.69, 9.17) is 0 Å². The molecular weight excluding hydrogens is 719 g/mol. The Morgan fingerprint density at radius 3 is 1.03 bits per heavy atom. The molecule has 0 aliphatic carbocycles. The number of unbranched alkanes of at least 4 members (excludes halogenated alkanes) is 37. The summed E-state index contributed by atoms with van der Waals surface area (Å²) in [4.78, 5) is 12.5. The highest BCUT2D eigenvalue weighted by molar-refractivity contribution is 5.80. The van der Waals surface area contributed by atoms with Gasteiger partial charge in [-0.25, -0.2) is 0 Å². The third-order valence-corrected chi connectivity index (χ3v) is 12.5. The van der Waals surface area contributed by atoms with Crippen molar-refractivity contribution in [3.63, 3.8) is 0 Å². The molecule has 0 saturated heterocycles. The summed E-state index contributed by atoms with van der Waals surface area (Å²) in [6, 6.07) is -0.996. The van der Waals surface area contributed by atoms with Gasteiger partial charge in [0.15, 0.2) is 0 Å². The molecule has 0 aromatic carbocycles. The van der Waals surface area contributed by atoms with E-state index in [1.165, 1.54) is 218 Å². The standard InChI is InChI=1S/C52H103NO5/c1-3-5-7-9-11-13-15-16-17-18-19-20-21-22-23-24-25-26-27-28-29-30-31-32-33-34-35-36-38-40-42-44-46-50(56)52(58)53-48(47-54)51(57)49(55)45-43-41-39-37-14-12-10-8-6-4-2/h37,39,48-51,54-57H,3-36,38,40-47H2,1-2H3,(H,53,58)/b39-37+. The highest BCUT2D eigenvalue weighted by atomic mass is 16.3. The van der Waals surface area contributed by atoms with Crippen LogP contribution in [0, 0.1) is 0 Å². The Bertz CT molecular complexity index is 837. The fourth-order valence-electron chi connectivity index (χ4n) is 8.35. The van der Waals surface area contributed by atoms with Crippen LogP contribution in [0.2, 0.25) is 0 Å². The number of aliphatic hydroxyl groups is 4. The van der Waals surface area contributed by atoms with Gasteiger partial charge in [-0.1, -0.05) is 257 Å². The number of hydrogen-bond donors (Lipinski definition) is 5. The molecule has 0 aromatic rings. The summed E-state index contributed by atoms with van der Waals surface area (Å²) in [7, 11) is 0. The summed E-state index contributed by atoms with van der Waals surface area (Å²) in [5.74, 6) is -0.590. The molecule has 0 radical (unpaired) electrons. The van der Waals surface area contributed by atoms with Gasteiger partial charge in [-0.05, 0) is 38.5 Å². The molecule has 4 unspecified atom stereocenters. The van der Waals surface area contributed by atoms with Gasteiger partial charge in [0.1, 0.15) is 12.2 Å². The lowest BCUT2D eigenvalue weighted by Gasteiger charge is -2.27. The minimum Gasteiger partial charge on any atom is -0.394 e. The van der Waals surface area contributed by atoms with Crippen molar-refractivity contribution in [1.29, 1.82) is 0 Å². The second-order valence-corrected chi connectivity index (χ2v) is 18.2. The average Bonchev–Trinajstić information content (AvgIpc) is 3.23. The fraction of sp³-hybridized carbons (Fsp3) is 0.942. The van der Waals surface area contributed by atoms with Crippen molar-refractivity contribution < 1.29 is 25.2 Å². The average molecular weight is 822 g/mol. The zero-order chi connectivity index (χ0) is 42.4. The fourth-order valence-corrected chi connectivity index (χ4v) is 8.35. The topological polar surface area (TPSA) is 110 Å². The number of aliphatic hydroxyl groups excluding tert-OH is 4. The van der Waals surface area contributed by atoms with Crippen LogP contribution < -0.4 is 5.32 Å². The predicted molar refractivity (Wildman–Crippen MR) is 251 cm³/mol. The summed E-state index contributed by atoms with van der Waals surface area (Å²) in [5, 5.41) is 43.6. The summed E-state index contributed by atoms with van der Waals surface area (Å²) in [6.45, 7) is 4.03. The molecule has 0 aliphatic rings. The molecule has 346 valence electrons. The van der Waals surface area contributed by atoms with Crippen LogP contribution in [0.3, 0.4) is 0 Å². The SMILES string of the molecule is CCCCCCC/C=C/CCCC(O)C(O)C(CO)NC(=O)C(O)CCCCCCCCCCCCCCCCCCCCCCCCCCCCCCCCCC. The Kier molecular flexibility index (Phi) is 46.3. The van der Waals surface area contributed by atoms with Gasteiger partial charge in [0.25, 0.3) is 0 Å². The van der Waals surface area contributed by atoms with Crippen LogP contribution in [0.4, 0.5) is 0 Å². The van der Waals surface area contributed by atoms with Gasteiger partial charge in [0, 0.05) is 0 Å². The number of carbonyl (C=O) groups excluding carboxylic acids is 1. The Morgan fingerprint density at radius 1 is 0.414 bits per heavy atom. The van der Waals surface area contributed by atoms with E-state index >= 15 is 0 Å². The predicted octanol–water partition coefficient (Wildman–Crippen LogP) is 14.5. The molecule has 0 rings (SSSR count). The Balaban J connectivity index is 3.50. The molecule has 6 heteroatoms. The van der Waals surface area contributed by atoms with E-state index < -0.39 is 36.9 Å². The smallest absolute Gasteiger partial charge is 0.249 e. The van der Waals surface area contributed by atoms with Crippen molar-refractivity contribution in [3.8, 4) is 0 Å². The van der Waals surface area contributed by atoms with Gasteiger partial charge in [-0.2, -0.15) is 0 Å². The number of rotatable bonds is 48. The lowest BCUT2D eigenvalue weighted by atomic mass is 10.00. The molecular formula is C52H103NO5. The van der Waals surface area contributed by atoms with E-state index in [1.807, 2.05) is 0 Å². The first kappa shape index (κ1) is 57.1. The highest BCUT2D eigenvalue weighted by Gasteiger charge is 2.28. The van der Waals surface area contributed by atoms with Crippen LogP contribution in [0.15, 0.2) is 12.2 Å². The molecule has 0 aromatic heterocycles. The van der Waals surface area contributed by atoms with E-state index in [-0.39, 0.29) is 0 Å². The quantitative estimate of drug-likeness (QED) is 0.0310. The third kappa shape index (κ3) is 40.5. The van der Waals surface area contributed by atoms with E-state index in [0.29, 0.717) is 12.8 Å². The third-order valence-electron chi connectivity index (χ3n) is 12.5. The lowest BCUT2D eigenvalue weighted by Crippen LogP contribution is -2.53. The minimum absolute atomic E-state index is 0.368. The monoisotopic (exact) mass is 822 g/mol. The second-order valence-electron chi connectivity index (χ2n) is 18.2. The zero-order valence-electron chi connectivity index (χ0n) is 39.1. The normalized spacial score (nSPS) is 14.0. The molecule has 58 heavy (non-hydrogen) atoms. The Labute approximate surface area is 362 Å². The molecule has 0 aliphatic heterocycles. The maximum absolute atomic E-state index is 12.5. The summed E-state index contributed by atoms with van der Waals surface area (Å²) in [5.41, 5.74) is 0. The van der Waals surface area contributed by atoms with E-state index in [0.717, 1.165) is 38.5 Å². The van der Waals surface area contributed by atoms with Crippen LogP contribution in [0.5, 0.6) is 0 Å². The molecule has 0 bridgehead atoms. The molecule has 0 spiro atoms. The van der Waals surface area contributed by atoms with Gasteiger partial charge in [0.2, 0.25) is 5.91 Å². The van der Waals surface area contributed by atoms with Crippen molar-refractivity contribution in [3.05, 3.63) is 12.2 Å². The van der Waals surface area contributed by atoms with Crippen molar-refractivity contribution >= 4 is 5.91 Å². The molecule has 4 atom stereocenters. The number of hydrogen-bond acceptors (Lipinski definition) is 5. The summed E-state index contributed by atoms with van der Waals surface area (Å²) in [6.07, 6.45) is 54.5. The number of carbonyl (C=O) groups is 1. The first-order valence-corrected chi connectivity index (χ1v) is 26.1. The van der Waals surface area contributed by atoms with Gasteiger partial charge >= 0.3 is 0 Å². The second kappa shape index (κ2) is 47.1. The Hall–Kier alpha value is -0.950. The Morgan fingerprint density at radius 2 is 0.707 bits per heavy atom. The van der Waals surface area contributed by atoms with Crippen LogP contribution >= 0.6 is 0 Å². The first-order valence-electron chi connectivity index (χ1n) is 26.1. The van der Waals surface area contributed by atoms with Gasteiger partial charge in [-0.3, -0.25) is 4.79 Å². The van der Waals surface area contributed by atoms with E-state index in [2.05, 4.69) is 31.3 Å². The van der Waals surface area contributed by atoms with Crippen LogP contribution in [-0.2, 0) is 4.79 Å². The van der Waals surface area contributed by atoms with Crippen molar-refractivity contribution in [2.24, 2.45) is 0 Å². The number of nitrogens with one attached hydrogen (secondary N) is 1. The molecule has 0 fully saturated rings. The van der Waals surface area contributed by atoms with Crippen molar-refractivity contribution in [2.45, 2.75) is 308 Å².